The van der Waals surface area contributed by atoms with E-state index in [0.717, 1.165) is 53.9 Å². The predicted molar refractivity (Wildman–Crippen MR) is 265 cm³/mol. The van der Waals surface area contributed by atoms with Gasteiger partial charge >= 0.3 is 0 Å². The van der Waals surface area contributed by atoms with Gasteiger partial charge < -0.3 is 9.80 Å². The summed E-state index contributed by atoms with van der Waals surface area (Å²) in [6, 6.07) is 67.0. The molecule has 0 aromatic heterocycles. The Morgan fingerprint density at radius 2 is 0.652 bits per heavy atom. The first-order chi connectivity index (χ1) is 32.4. The number of hydrogen-bond acceptors (Lipinski definition) is 2. The monoisotopic (exact) mass is 860 g/mol. The highest BCUT2D eigenvalue weighted by Crippen LogP contribution is 2.50. The quantitative estimate of drug-likeness (QED) is 0.111. The number of anilines is 6. The highest BCUT2D eigenvalue weighted by atomic mass is 19.1. The van der Waals surface area contributed by atoms with Crippen molar-refractivity contribution in [2.24, 2.45) is 0 Å². The van der Waals surface area contributed by atoms with Gasteiger partial charge in [-0.3, -0.25) is 0 Å². The van der Waals surface area contributed by atoms with E-state index >= 15 is 17.6 Å². The van der Waals surface area contributed by atoms with Crippen LogP contribution < -0.4 is 9.80 Å². The van der Waals surface area contributed by atoms with E-state index in [0.29, 0.717) is 33.9 Å². The topological polar surface area (TPSA) is 6.48 Å². The minimum absolute atomic E-state index is 0.214. The van der Waals surface area contributed by atoms with Crippen molar-refractivity contribution in [3.63, 3.8) is 0 Å². The van der Waals surface area contributed by atoms with Gasteiger partial charge in [-0.1, -0.05) is 158 Å². The summed E-state index contributed by atoms with van der Waals surface area (Å²) in [6.07, 6.45) is 0. The van der Waals surface area contributed by atoms with E-state index in [9.17, 15) is 0 Å². The van der Waals surface area contributed by atoms with Crippen molar-refractivity contribution in [1.29, 1.82) is 0 Å². The van der Waals surface area contributed by atoms with Crippen molar-refractivity contribution >= 4 is 88.0 Å². The van der Waals surface area contributed by atoms with Crippen LogP contribution in [0.3, 0.4) is 0 Å². The molecule has 2 nitrogen and oxygen atoms in total. The second-order valence-electron chi connectivity index (χ2n) is 16.6. The van der Waals surface area contributed by atoms with Crippen LogP contribution in [-0.4, -0.2) is 0 Å². The molecule has 12 aromatic carbocycles. The largest absolute Gasteiger partial charge is 0.305 e. The third-order valence-corrected chi connectivity index (χ3v) is 12.8. The standard InChI is InChI=1S/C60H36F4N2/c61-51-31-29-47(39-13-3-1-4-14-39)57(63)59(51)65(45-25-19-37-11-7-9-17-43(37)35-45)53-33-23-41-22-28-50-54(34-24-42-21-27-49(53)55(41)56(42)50)66(46-26-20-38-12-8-10-18-44(38)36-46)60-52(62)32-30-48(58(60)64)40-15-5-2-6-16-40/h1-36H. The molecule has 0 aliphatic heterocycles. The second-order valence-corrected chi connectivity index (χ2v) is 16.6. The fourth-order valence-electron chi connectivity index (χ4n) is 9.74. The van der Waals surface area contributed by atoms with Crippen molar-refractivity contribution in [2.75, 3.05) is 9.80 Å². The van der Waals surface area contributed by atoms with Gasteiger partial charge in [0.15, 0.2) is 11.6 Å². The lowest BCUT2D eigenvalue weighted by Crippen LogP contribution is -2.15. The lowest BCUT2D eigenvalue weighted by atomic mass is 9.91. The van der Waals surface area contributed by atoms with Crippen LogP contribution in [0, 0.1) is 23.3 Å². The maximum Gasteiger partial charge on any atom is 0.158 e. The molecule has 0 bridgehead atoms. The van der Waals surface area contributed by atoms with Gasteiger partial charge in [-0.15, -0.1) is 0 Å². The van der Waals surface area contributed by atoms with Gasteiger partial charge in [0.25, 0.3) is 0 Å². The maximum absolute atomic E-state index is 17.4. The van der Waals surface area contributed by atoms with Crippen LogP contribution in [0.1, 0.15) is 0 Å². The first-order valence-corrected chi connectivity index (χ1v) is 21.8. The Morgan fingerprint density at radius 1 is 0.288 bits per heavy atom. The lowest BCUT2D eigenvalue weighted by molar-refractivity contribution is 0.587. The maximum atomic E-state index is 17.4. The predicted octanol–water partition coefficient (Wildman–Crippen LogP) is 17.7. The fraction of sp³-hybridized carbons (Fsp3) is 0. The lowest BCUT2D eigenvalue weighted by Gasteiger charge is -2.30. The summed E-state index contributed by atoms with van der Waals surface area (Å²) in [5.41, 5.74) is 3.60. The number of halogens is 4. The van der Waals surface area contributed by atoms with Crippen molar-refractivity contribution < 1.29 is 17.6 Å². The minimum atomic E-state index is -0.721. The van der Waals surface area contributed by atoms with Gasteiger partial charge in [-0.2, -0.15) is 0 Å². The fourth-order valence-corrected chi connectivity index (χ4v) is 9.74. The summed E-state index contributed by atoms with van der Waals surface area (Å²) in [7, 11) is 0. The normalized spacial score (nSPS) is 11.6. The zero-order chi connectivity index (χ0) is 44.5. The molecule has 0 unspecified atom stereocenters. The van der Waals surface area contributed by atoms with Gasteiger partial charge in [-0.25, -0.2) is 17.6 Å². The van der Waals surface area contributed by atoms with Gasteiger partial charge in [0, 0.05) is 33.3 Å². The van der Waals surface area contributed by atoms with Crippen LogP contribution in [0.4, 0.5) is 51.7 Å². The van der Waals surface area contributed by atoms with Crippen LogP contribution in [0.2, 0.25) is 0 Å². The molecule has 0 saturated heterocycles. The van der Waals surface area contributed by atoms with E-state index in [2.05, 4.69) is 0 Å². The smallest absolute Gasteiger partial charge is 0.158 e. The molecule has 0 amide bonds. The number of fused-ring (bicyclic) bond motifs is 2. The molecule has 0 aliphatic carbocycles. The van der Waals surface area contributed by atoms with Gasteiger partial charge in [0.2, 0.25) is 0 Å². The molecular formula is C60H36F4N2. The van der Waals surface area contributed by atoms with E-state index in [1.807, 2.05) is 194 Å². The van der Waals surface area contributed by atoms with E-state index in [1.165, 1.54) is 24.3 Å². The average molecular weight is 861 g/mol. The summed E-state index contributed by atoms with van der Waals surface area (Å²) >= 11 is 0. The number of benzene rings is 12. The Balaban J connectivity index is 1.13. The molecule has 0 radical (unpaired) electrons. The zero-order valence-electron chi connectivity index (χ0n) is 35.2. The third kappa shape index (κ3) is 6.33. The Kier molecular flexibility index (Phi) is 9.28. The molecule has 12 aromatic rings. The van der Waals surface area contributed by atoms with E-state index < -0.39 is 23.3 Å². The molecule has 314 valence electrons. The summed E-state index contributed by atoms with van der Waals surface area (Å²) in [4.78, 5) is 3.36. The highest BCUT2D eigenvalue weighted by molar-refractivity contribution is 6.28. The molecular weight excluding hydrogens is 825 g/mol. The third-order valence-electron chi connectivity index (χ3n) is 12.8. The van der Waals surface area contributed by atoms with Crippen LogP contribution >= 0.6 is 0 Å². The molecule has 0 fully saturated rings. The Hall–Kier alpha value is -8.48. The van der Waals surface area contributed by atoms with E-state index in [1.54, 1.807) is 9.80 Å². The Labute approximate surface area is 377 Å². The summed E-state index contributed by atoms with van der Waals surface area (Å²) in [5, 5.41) is 8.73. The molecule has 0 saturated carbocycles. The van der Waals surface area contributed by atoms with Crippen molar-refractivity contribution in [3.8, 4) is 22.3 Å². The van der Waals surface area contributed by atoms with Crippen LogP contribution in [0.25, 0.3) is 76.1 Å². The average Bonchev–Trinajstić information content (AvgIpc) is 3.36. The van der Waals surface area contributed by atoms with Gasteiger partial charge in [0.1, 0.15) is 23.0 Å². The Bertz CT molecular complexity index is 3580. The Morgan fingerprint density at radius 3 is 1.08 bits per heavy atom. The highest BCUT2D eigenvalue weighted by Gasteiger charge is 2.29. The van der Waals surface area contributed by atoms with Gasteiger partial charge in [-0.05, 0) is 115 Å². The van der Waals surface area contributed by atoms with Crippen LogP contribution in [0.5, 0.6) is 0 Å². The van der Waals surface area contributed by atoms with Crippen LogP contribution in [0.15, 0.2) is 218 Å². The molecule has 0 N–H and O–H groups in total. The first-order valence-electron chi connectivity index (χ1n) is 21.8. The van der Waals surface area contributed by atoms with Crippen molar-refractivity contribution in [1.82, 2.24) is 0 Å². The van der Waals surface area contributed by atoms with Crippen molar-refractivity contribution in [3.05, 3.63) is 242 Å². The van der Waals surface area contributed by atoms with Gasteiger partial charge in [0.05, 0.1) is 11.4 Å². The summed E-state index contributed by atoms with van der Waals surface area (Å²) in [6.45, 7) is 0. The molecule has 12 rings (SSSR count). The van der Waals surface area contributed by atoms with Crippen molar-refractivity contribution in [2.45, 2.75) is 0 Å². The molecule has 0 aliphatic rings. The SMILES string of the molecule is Fc1ccc(-c2ccccc2)c(F)c1N(c1ccc2ccccc2c1)c1ccc2ccc3c(N(c4ccc5ccccc5c4)c4c(F)ccc(-c5ccccc5)c4F)ccc4ccc1c2c43. The second kappa shape index (κ2) is 15.6. The van der Waals surface area contributed by atoms with Crippen LogP contribution in [-0.2, 0) is 0 Å². The number of rotatable bonds is 8. The summed E-state index contributed by atoms with van der Waals surface area (Å²) in [5.74, 6) is -2.84. The molecule has 6 heteroatoms. The summed E-state index contributed by atoms with van der Waals surface area (Å²) < 4.78 is 68.1. The first kappa shape index (κ1) is 39.1. The van der Waals surface area contributed by atoms with E-state index in [-0.39, 0.29) is 22.5 Å². The minimum Gasteiger partial charge on any atom is -0.305 e. The number of hydrogen-bond donors (Lipinski definition) is 0. The number of nitrogens with zero attached hydrogens (tertiary/aromatic N) is 2. The zero-order valence-corrected chi connectivity index (χ0v) is 35.2. The van der Waals surface area contributed by atoms with E-state index in [4.69, 9.17) is 0 Å². The molecule has 0 atom stereocenters. The molecule has 0 spiro atoms. The molecule has 66 heavy (non-hydrogen) atoms. The molecule has 0 heterocycles.